The summed E-state index contributed by atoms with van der Waals surface area (Å²) in [7, 11) is 3.16. The molecule has 0 unspecified atom stereocenters. The molecule has 126 valence electrons. The van der Waals surface area contributed by atoms with Crippen molar-refractivity contribution in [2.45, 2.75) is 12.6 Å². The van der Waals surface area contributed by atoms with Crippen LogP contribution in [0.1, 0.15) is 5.56 Å². The van der Waals surface area contributed by atoms with Crippen LogP contribution in [0.15, 0.2) is 12.1 Å². The summed E-state index contributed by atoms with van der Waals surface area (Å²) in [6.07, 6.45) is 0. The van der Waals surface area contributed by atoms with Gasteiger partial charge in [0, 0.05) is 19.6 Å². The van der Waals surface area contributed by atoms with E-state index in [1.807, 2.05) is 12.1 Å². The zero-order valence-corrected chi connectivity index (χ0v) is 14.1. The molecule has 0 saturated carbocycles. The minimum atomic E-state index is -0.127. The van der Waals surface area contributed by atoms with Crippen molar-refractivity contribution in [1.82, 2.24) is 10.2 Å². The monoisotopic (exact) mass is 340 g/mol. The summed E-state index contributed by atoms with van der Waals surface area (Å²) in [4.78, 5) is 14.3. The summed E-state index contributed by atoms with van der Waals surface area (Å²) >= 11 is 6.27. The molecular formula is C16H21ClN2O4. The zero-order chi connectivity index (χ0) is 16.4. The summed E-state index contributed by atoms with van der Waals surface area (Å²) in [5.41, 5.74) is 1.03. The second kappa shape index (κ2) is 6.95. The molecule has 2 aliphatic rings. The van der Waals surface area contributed by atoms with Crippen molar-refractivity contribution in [2.24, 2.45) is 5.92 Å². The molecule has 6 nitrogen and oxygen atoms in total. The normalized spacial score (nSPS) is 24.7. The molecule has 0 radical (unpaired) electrons. The molecule has 23 heavy (non-hydrogen) atoms. The maximum Gasteiger partial charge on any atom is 0.227 e. The molecule has 2 saturated heterocycles. The van der Waals surface area contributed by atoms with Gasteiger partial charge in [-0.1, -0.05) is 11.6 Å². The molecule has 0 aromatic heterocycles. The van der Waals surface area contributed by atoms with Crippen LogP contribution < -0.4 is 14.8 Å². The molecule has 2 bridgehead atoms. The van der Waals surface area contributed by atoms with E-state index in [-0.39, 0.29) is 17.9 Å². The Bertz CT molecular complexity index is 596. The Morgan fingerprint density at radius 3 is 2.87 bits per heavy atom. The summed E-state index contributed by atoms with van der Waals surface area (Å²) in [6, 6.07) is 3.84. The van der Waals surface area contributed by atoms with Crippen LogP contribution >= 0.6 is 11.6 Å². The van der Waals surface area contributed by atoms with E-state index in [1.54, 1.807) is 14.2 Å². The van der Waals surface area contributed by atoms with Crippen molar-refractivity contribution < 1.29 is 19.0 Å². The second-order valence-corrected chi connectivity index (χ2v) is 6.35. The quantitative estimate of drug-likeness (QED) is 0.895. The summed E-state index contributed by atoms with van der Waals surface area (Å²) < 4.78 is 16.2. The lowest BCUT2D eigenvalue weighted by Gasteiger charge is -2.27. The first-order valence-electron chi connectivity index (χ1n) is 7.61. The number of benzene rings is 1. The van der Waals surface area contributed by atoms with Crippen LogP contribution in [0.5, 0.6) is 11.5 Å². The molecular weight excluding hydrogens is 320 g/mol. The Balaban J connectivity index is 1.79. The van der Waals surface area contributed by atoms with Crippen molar-refractivity contribution >= 4 is 17.5 Å². The van der Waals surface area contributed by atoms with Crippen molar-refractivity contribution in [3.63, 3.8) is 0 Å². The van der Waals surface area contributed by atoms with Gasteiger partial charge in [0.25, 0.3) is 0 Å². The number of amides is 1. The highest BCUT2D eigenvalue weighted by molar-refractivity contribution is 6.32. The summed E-state index contributed by atoms with van der Waals surface area (Å²) in [5.74, 6) is 1.11. The number of methoxy groups -OCH3 is 2. The van der Waals surface area contributed by atoms with Gasteiger partial charge in [-0.25, -0.2) is 0 Å². The first-order valence-corrected chi connectivity index (χ1v) is 7.99. The SMILES string of the molecule is COc1cc(CN2C[C@H]3COC[C@@H](C2)C(=O)N3)cc(Cl)c1OC. The zero-order valence-electron chi connectivity index (χ0n) is 13.3. The predicted octanol–water partition coefficient (Wildman–Crippen LogP) is 1.30. The average molecular weight is 341 g/mol. The van der Waals surface area contributed by atoms with Crippen LogP contribution in [-0.2, 0) is 16.1 Å². The Morgan fingerprint density at radius 2 is 2.13 bits per heavy atom. The fourth-order valence-electron chi connectivity index (χ4n) is 3.17. The largest absolute Gasteiger partial charge is 0.493 e. The van der Waals surface area contributed by atoms with Gasteiger partial charge in [0.2, 0.25) is 5.91 Å². The minimum absolute atomic E-state index is 0.0330. The van der Waals surface area contributed by atoms with E-state index in [4.69, 9.17) is 25.8 Å². The lowest BCUT2D eigenvalue weighted by atomic mass is 10.1. The minimum Gasteiger partial charge on any atom is -0.493 e. The number of ether oxygens (including phenoxy) is 3. The van der Waals surface area contributed by atoms with Gasteiger partial charge < -0.3 is 19.5 Å². The number of halogens is 1. The van der Waals surface area contributed by atoms with Crippen LogP contribution in [-0.4, -0.2) is 57.4 Å². The molecule has 2 atom stereocenters. The fourth-order valence-corrected chi connectivity index (χ4v) is 3.48. The van der Waals surface area contributed by atoms with Crippen molar-refractivity contribution in [3.05, 3.63) is 22.7 Å². The number of hydrogen-bond donors (Lipinski definition) is 1. The standard InChI is InChI=1S/C16H21ClN2O4/c1-21-14-4-10(3-13(17)15(14)22-2)5-19-6-11-8-23-9-12(7-19)18-16(11)20/h3-4,11-12H,5-9H2,1-2H3,(H,18,20)/t11-,12+/m1/s1. The highest BCUT2D eigenvalue weighted by atomic mass is 35.5. The van der Waals surface area contributed by atoms with Gasteiger partial charge in [-0.3, -0.25) is 9.69 Å². The van der Waals surface area contributed by atoms with Gasteiger partial charge in [0.05, 0.1) is 44.4 Å². The lowest BCUT2D eigenvalue weighted by Crippen LogP contribution is -2.41. The summed E-state index contributed by atoms with van der Waals surface area (Å²) in [6.45, 7) is 3.17. The van der Waals surface area contributed by atoms with Gasteiger partial charge in [0.1, 0.15) is 0 Å². The average Bonchev–Trinajstić information content (AvgIpc) is 2.75. The third-order valence-electron chi connectivity index (χ3n) is 4.21. The van der Waals surface area contributed by atoms with Gasteiger partial charge in [0.15, 0.2) is 11.5 Å². The van der Waals surface area contributed by atoms with Crippen LogP contribution in [0.3, 0.4) is 0 Å². The predicted molar refractivity (Wildman–Crippen MR) is 86.1 cm³/mol. The molecule has 7 heteroatoms. The molecule has 1 amide bonds. The highest BCUT2D eigenvalue weighted by Crippen LogP contribution is 2.36. The Hall–Kier alpha value is -1.50. The lowest BCUT2D eigenvalue weighted by molar-refractivity contribution is -0.125. The highest BCUT2D eigenvalue weighted by Gasteiger charge is 2.33. The number of hydrogen-bond acceptors (Lipinski definition) is 5. The molecule has 0 aliphatic carbocycles. The van der Waals surface area contributed by atoms with E-state index in [1.165, 1.54) is 0 Å². The van der Waals surface area contributed by atoms with E-state index in [0.29, 0.717) is 42.8 Å². The molecule has 1 N–H and O–H groups in total. The van der Waals surface area contributed by atoms with Crippen LogP contribution in [0.2, 0.25) is 5.02 Å². The molecule has 2 aliphatic heterocycles. The first kappa shape index (κ1) is 16.4. The topological polar surface area (TPSA) is 60.0 Å². The van der Waals surface area contributed by atoms with E-state index < -0.39 is 0 Å². The maximum atomic E-state index is 12.1. The molecule has 2 fully saturated rings. The fraction of sp³-hybridized carbons (Fsp3) is 0.562. The van der Waals surface area contributed by atoms with Crippen LogP contribution in [0, 0.1) is 5.92 Å². The van der Waals surface area contributed by atoms with E-state index in [9.17, 15) is 4.79 Å². The van der Waals surface area contributed by atoms with E-state index in [2.05, 4.69) is 10.2 Å². The van der Waals surface area contributed by atoms with E-state index >= 15 is 0 Å². The number of rotatable bonds is 4. The Morgan fingerprint density at radius 1 is 1.30 bits per heavy atom. The first-order chi connectivity index (χ1) is 11.1. The third kappa shape index (κ3) is 3.54. The number of carbonyl (C=O) groups excluding carboxylic acids is 1. The van der Waals surface area contributed by atoms with Gasteiger partial charge in [-0.05, 0) is 17.7 Å². The third-order valence-corrected chi connectivity index (χ3v) is 4.49. The van der Waals surface area contributed by atoms with Gasteiger partial charge in [-0.15, -0.1) is 0 Å². The molecule has 2 heterocycles. The van der Waals surface area contributed by atoms with Crippen molar-refractivity contribution in [3.8, 4) is 11.5 Å². The van der Waals surface area contributed by atoms with E-state index in [0.717, 1.165) is 12.1 Å². The number of nitrogens with one attached hydrogen (secondary N) is 1. The Kier molecular flexibility index (Phi) is 4.94. The summed E-state index contributed by atoms with van der Waals surface area (Å²) in [5, 5.41) is 3.55. The number of nitrogens with zero attached hydrogens (tertiary/aromatic N) is 1. The van der Waals surface area contributed by atoms with Gasteiger partial charge in [-0.2, -0.15) is 0 Å². The van der Waals surface area contributed by atoms with Crippen LogP contribution in [0.4, 0.5) is 0 Å². The molecule has 3 rings (SSSR count). The number of fused-ring (bicyclic) bond motifs is 3. The molecule has 1 aromatic carbocycles. The van der Waals surface area contributed by atoms with Gasteiger partial charge >= 0.3 is 0 Å². The van der Waals surface area contributed by atoms with Crippen molar-refractivity contribution in [1.29, 1.82) is 0 Å². The second-order valence-electron chi connectivity index (χ2n) is 5.95. The number of carbonyl (C=O) groups is 1. The Labute approximate surface area is 140 Å². The smallest absolute Gasteiger partial charge is 0.227 e. The van der Waals surface area contributed by atoms with Crippen molar-refractivity contribution in [2.75, 3.05) is 40.5 Å². The molecule has 0 spiro atoms. The molecule has 1 aromatic rings. The van der Waals surface area contributed by atoms with Crippen LogP contribution in [0.25, 0.3) is 0 Å². The maximum absolute atomic E-state index is 12.1.